The number of hydrogen-bond acceptors (Lipinski definition) is 4. The highest BCUT2D eigenvalue weighted by molar-refractivity contribution is 5.70. The SMILES string of the molecule is COc1ccc(COc2ccccc2-c2ccccc2)c(OC)c1OC. The second kappa shape index (κ2) is 8.30. The normalized spacial score (nSPS) is 10.3. The van der Waals surface area contributed by atoms with Gasteiger partial charge in [-0.1, -0.05) is 48.5 Å². The van der Waals surface area contributed by atoms with Gasteiger partial charge in [-0.05, 0) is 23.8 Å². The molecule has 0 bridgehead atoms. The molecular weight excluding hydrogens is 328 g/mol. The Hall–Kier alpha value is -3.14. The Kier molecular flexibility index (Phi) is 5.64. The highest BCUT2D eigenvalue weighted by Gasteiger charge is 2.16. The predicted octanol–water partition coefficient (Wildman–Crippen LogP) is 4.96. The van der Waals surface area contributed by atoms with Crippen molar-refractivity contribution in [2.45, 2.75) is 6.61 Å². The molecule has 4 nitrogen and oxygen atoms in total. The number of benzene rings is 3. The van der Waals surface area contributed by atoms with Crippen LogP contribution in [0, 0.1) is 0 Å². The first-order chi connectivity index (χ1) is 12.8. The van der Waals surface area contributed by atoms with Crippen LogP contribution in [0.1, 0.15) is 5.56 Å². The highest BCUT2D eigenvalue weighted by atomic mass is 16.5. The molecule has 134 valence electrons. The Bertz CT molecular complexity index is 859. The molecule has 3 aromatic rings. The second-order valence-corrected chi connectivity index (χ2v) is 5.64. The molecule has 0 aliphatic heterocycles. The molecule has 0 saturated heterocycles. The summed E-state index contributed by atoms with van der Waals surface area (Å²) in [7, 11) is 4.80. The van der Waals surface area contributed by atoms with E-state index in [2.05, 4.69) is 18.2 Å². The fourth-order valence-corrected chi connectivity index (χ4v) is 2.88. The summed E-state index contributed by atoms with van der Waals surface area (Å²) < 4.78 is 22.4. The molecule has 0 unspecified atom stereocenters. The van der Waals surface area contributed by atoms with E-state index in [4.69, 9.17) is 18.9 Å². The van der Waals surface area contributed by atoms with Crippen molar-refractivity contribution in [3.8, 4) is 34.1 Å². The van der Waals surface area contributed by atoms with Gasteiger partial charge < -0.3 is 18.9 Å². The van der Waals surface area contributed by atoms with Gasteiger partial charge in [0.05, 0.1) is 21.3 Å². The average molecular weight is 350 g/mol. The molecule has 26 heavy (non-hydrogen) atoms. The zero-order valence-corrected chi connectivity index (χ0v) is 15.2. The average Bonchev–Trinajstić information content (AvgIpc) is 2.72. The molecule has 0 amide bonds. The summed E-state index contributed by atoms with van der Waals surface area (Å²) in [5.41, 5.74) is 3.04. The van der Waals surface area contributed by atoms with Crippen molar-refractivity contribution in [1.29, 1.82) is 0 Å². The van der Waals surface area contributed by atoms with Crippen molar-refractivity contribution >= 4 is 0 Å². The lowest BCUT2D eigenvalue weighted by Gasteiger charge is -2.17. The molecule has 0 spiro atoms. The van der Waals surface area contributed by atoms with Crippen LogP contribution in [0.3, 0.4) is 0 Å². The van der Waals surface area contributed by atoms with Crippen LogP contribution < -0.4 is 18.9 Å². The maximum atomic E-state index is 6.12. The summed E-state index contributed by atoms with van der Waals surface area (Å²) in [6.45, 7) is 0.355. The monoisotopic (exact) mass is 350 g/mol. The van der Waals surface area contributed by atoms with Gasteiger partial charge in [-0.25, -0.2) is 0 Å². The lowest BCUT2D eigenvalue weighted by Crippen LogP contribution is -2.02. The zero-order valence-electron chi connectivity index (χ0n) is 15.2. The molecule has 0 saturated carbocycles. The number of para-hydroxylation sites is 1. The predicted molar refractivity (Wildman–Crippen MR) is 102 cm³/mol. The number of hydrogen-bond donors (Lipinski definition) is 0. The van der Waals surface area contributed by atoms with Gasteiger partial charge in [-0.2, -0.15) is 0 Å². The van der Waals surface area contributed by atoms with Gasteiger partial charge in [0.15, 0.2) is 11.5 Å². The Morgan fingerprint density at radius 3 is 2.00 bits per heavy atom. The Morgan fingerprint density at radius 1 is 0.615 bits per heavy atom. The quantitative estimate of drug-likeness (QED) is 0.604. The molecule has 0 heterocycles. The largest absolute Gasteiger partial charge is 0.493 e. The Morgan fingerprint density at radius 2 is 1.31 bits per heavy atom. The van der Waals surface area contributed by atoms with Crippen LogP contribution in [0.4, 0.5) is 0 Å². The first-order valence-electron chi connectivity index (χ1n) is 8.33. The minimum Gasteiger partial charge on any atom is -0.493 e. The van der Waals surface area contributed by atoms with Crippen molar-refractivity contribution < 1.29 is 18.9 Å². The smallest absolute Gasteiger partial charge is 0.203 e. The molecule has 3 rings (SSSR count). The number of methoxy groups -OCH3 is 3. The molecule has 3 aromatic carbocycles. The van der Waals surface area contributed by atoms with Crippen LogP contribution in [0.5, 0.6) is 23.0 Å². The molecule has 0 radical (unpaired) electrons. The molecule has 0 N–H and O–H groups in total. The third kappa shape index (κ3) is 3.59. The fraction of sp³-hybridized carbons (Fsp3) is 0.182. The number of rotatable bonds is 7. The van der Waals surface area contributed by atoms with E-state index in [0.717, 1.165) is 22.4 Å². The minimum absolute atomic E-state index is 0.355. The standard InChI is InChI=1S/C22H22O4/c1-23-20-14-13-17(21(24-2)22(20)25-3)15-26-19-12-8-7-11-18(19)16-9-5-4-6-10-16/h4-14H,15H2,1-3H3. The third-order valence-electron chi connectivity index (χ3n) is 4.14. The van der Waals surface area contributed by atoms with Crippen LogP contribution >= 0.6 is 0 Å². The van der Waals surface area contributed by atoms with E-state index in [1.165, 1.54) is 0 Å². The first kappa shape index (κ1) is 17.7. The van der Waals surface area contributed by atoms with Crippen molar-refractivity contribution in [3.63, 3.8) is 0 Å². The highest BCUT2D eigenvalue weighted by Crippen LogP contribution is 2.40. The summed E-state index contributed by atoms with van der Waals surface area (Å²) in [6, 6.07) is 21.9. The van der Waals surface area contributed by atoms with Crippen LogP contribution in [0.25, 0.3) is 11.1 Å². The van der Waals surface area contributed by atoms with Crippen molar-refractivity contribution in [3.05, 3.63) is 72.3 Å². The summed E-state index contributed by atoms with van der Waals surface area (Å²) in [4.78, 5) is 0. The van der Waals surface area contributed by atoms with Gasteiger partial charge in [0, 0.05) is 11.1 Å². The van der Waals surface area contributed by atoms with E-state index in [9.17, 15) is 0 Å². The van der Waals surface area contributed by atoms with E-state index in [1.54, 1.807) is 21.3 Å². The van der Waals surface area contributed by atoms with E-state index < -0.39 is 0 Å². The van der Waals surface area contributed by atoms with Gasteiger partial charge in [0.1, 0.15) is 12.4 Å². The van der Waals surface area contributed by atoms with Gasteiger partial charge >= 0.3 is 0 Å². The van der Waals surface area contributed by atoms with Crippen molar-refractivity contribution in [2.75, 3.05) is 21.3 Å². The van der Waals surface area contributed by atoms with Crippen molar-refractivity contribution in [2.24, 2.45) is 0 Å². The molecule has 0 aliphatic carbocycles. The van der Waals surface area contributed by atoms with Gasteiger partial charge in [0.2, 0.25) is 5.75 Å². The number of ether oxygens (including phenoxy) is 4. The lowest BCUT2D eigenvalue weighted by molar-refractivity contribution is 0.286. The summed E-state index contributed by atoms with van der Waals surface area (Å²) in [5, 5.41) is 0. The molecule has 0 atom stereocenters. The van der Waals surface area contributed by atoms with Crippen molar-refractivity contribution in [1.82, 2.24) is 0 Å². The van der Waals surface area contributed by atoms with Crippen LogP contribution in [0.15, 0.2) is 66.7 Å². The zero-order chi connectivity index (χ0) is 18.4. The Balaban J connectivity index is 1.89. The molecular formula is C22H22O4. The van der Waals surface area contributed by atoms with Crippen LogP contribution in [0.2, 0.25) is 0 Å². The lowest BCUT2D eigenvalue weighted by atomic mass is 10.0. The van der Waals surface area contributed by atoms with Gasteiger partial charge in [-0.15, -0.1) is 0 Å². The maximum absolute atomic E-state index is 6.12. The van der Waals surface area contributed by atoms with E-state index in [0.29, 0.717) is 23.9 Å². The summed E-state index contributed by atoms with van der Waals surface area (Å²) in [5.74, 6) is 2.62. The van der Waals surface area contributed by atoms with E-state index >= 15 is 0 Å². The molecule has 0 aliphatic rings. The van der Waals surface area contributed by atoms with E-state index in [1.807, 2.05) is 48.5 Å². The van der Waals surface area contributed by atoms with Crippen LogP contribution in [-0.4, -0.2) is 21.3 Å². The fourth-order valence-electron chi connectivity index (χ4n) is 2.88. The van der Waals surface area contributed by atoms with E-state index in [-0.39, 0.29) is 0 Å². The summed E-state index contributed by atoms with van der Waals surface area (Å²) in [6.07, 6.45) is 0. The second-order valence-electron chi connectivity index (χ2n) is 5.64. The van der Waals surface area contributed by atoms with Gasteiger partial charge in [-0.3, -0.25) is 0 Å². The summed E-state index contributed by atoms with van der Waals surface area (Å²) >= 11 is 0. The third-order valence-corrected chi connectivity index (χ3v) is 4.14. The van der Waals surface area contributed by atoms with Gasteiger partial charge in [0.25, 0.3) is 0 Å². The molecule has 0 fully saturated rings. The molecule has 0 aromatic heterocycles. The first-order valence-corrected chi connectivity index (χ1v) is 8.33. The topological polar surface area (TPSA) is 36.9 Å². The Labute approximate surface area is 153 Å². The molecule has 4 heteroatoms. The maximum Gasteiger partial charge on any atom is 0.203 e. The minimum atomic E-state index is 0.355. The van der Waals surface area contributed by atoms with Crippen LogP contribution in [-0.2, 0) is 6.61 Å².